The van der Waals surface area contributed by atoms with E-state index in [1.807, 2.05) is 48.9 Å². The fourth-order valence-corrected chi connectivity index (χ4v) is 3.71. The molecule has 2 aromatic heterocycles. The lowest BCUT2D eigenvalue weighted by molar-refractivity contribution is 0.0908. The Kier molecular flexibility index (Phi) is 2.97. The van der Waals surface area contributed by atoms with Gasteiger partial charge < -0.3 is 10.7 Å². The lowest BCUT2D eigenvalue weighted by Gasteiger charge is -2.32. The number of fused-ring (bicyclic) bond motifs is 2. The third kappa shape index (κ3) is 2.08. The molecule has 122 valence electrons. The fraction of sp³-hybridized carbons (Fsp3) is 0.263. The van der Waals surface area contributed by atoms with Crippen LogP contribution in [0.5, 0.6) is 0 Å². The third-order valence-corrected chi connectivity index (χ3v) is 4.71. The minimum Gasteiger partial charge on any atom is -0.385 e. The Balaban J connectivity index is 2.09. The molecule has 0 bridgehead atoms. The van der Waals surface area contributed by atoms with Crippen molar-refractivity contribution in [3.05, 3.63) is 58.0 Å². The topological polar surface area (TPSA) is 80.9 Å². The van der Waals surface area contributed by atoms with Gasteiger partial charge in [-0.05, 0) is 17.9 Å². The summed E-state index contributed by atoms with van der Waals surface area (Å²) in [6.07, 6.45) is 2.89. The average Bonchev–Trinajstić information content (AvgIpc) is 2.89. The average molecular weight is 321 g/mol. The van der Waals surface area contributed by atoms with E-state index in [2.05, 4.69) is 4.98 Å². The van der Waals surface area contributed by atoms with Crippen molar-refractivity contribution in [2.75, 3.05) is 5.73 Å². The summed E-state index contributed by atoms with van der Waals surface area (Å²) < 4.78 is 1.86. The molecular weight excluding hydrogens is 302 g/mol. The summed E-state index contributed by atoms with van der Waals surface area (Å²) in [4.78, 5) is 28.2. The number of nitrogens with one attached hydrogen (secondary N) is 1. The molecule has 3 aromatic rings. The molecule has 1 aromatic carbocycles. The first-order valence-electron chi connectivity index (χ1n) is 8.01. The van der Waals surface area contributed by atoms with Gasteiger partial charge in [-0.2, -0.15) is 0 Å². The Morgan fingerprint density at radius 2 is 1.92 bits per heavy atom. The maximum absolute atomic E-state index is 12.6. The third-order valence-electron chi connectivity index (χ3n) is 4.71. The summed E-state index contributed by atoms with van der Waals surface area (Å²) in [6.45, 7) is 4.09. The number of para-hydroxylation sites is 1. The highest BCUT2D eigenvalue weighted by atomic mass is 16.1. The maximum atomic E-state index is 12.6. The van der Waals surface area contributed by atoms with Gasteiger partial charge in [-0.25, -0.2) is 0 Å². The molecule has 0 aliphatic heterocycles. The summed E-state index contributed by atoms with van der Waals surface area (Å²) >= 11 is 0. The number of anilines is 1. The summed E-state index contributed by atoms with van der Waals surface area (Å²) in [5.74, 6) is 0.258. The van der Waals surface area contributed by atoms with E-state index in [0.717, 1.165) is 16.6 Å². The van der Waals surface area contributed by atoms with E-state index >= 15 is 0 Å². The number of nitrogens with two attached hydrogens (primary N) is 1. The number of ketones is 1. The Morgan fingerprint density at radius 3 is 2.71 bits per heavy atom. The van der Waals surface area contributed by atoms with Gasteiger partial charge in [0.05, 0.1) is 11.3 Å². The zero-order chi connectivity index (χ0) is 17.1. The molecule has 1 aliphatic rings. The van der Waals surface area contributed by atoms with Crippen LogP contribution in [0, 0.1) is 5.41 Å². The van der Waals surface area contributed by atoms with Crippen molar-refractivity contribution in [2.24, 2.45) is 5.41 Å². The Hall–Kier alpha value is -2.82. The predicted octanol–water partition coefficient (Wildman–Crippen LogP) is 3.06. The van der Waals surface area contributed by atoms with Crippen LogP contribution in [-0.2, 0) is 6.42 Å². The minimum absolute atomic E-state index is 0.0974. The molecule has 5 nitrogen and oxygen atoms in total. The van der Waals surface area contributed by atoms with E-state index in [-0.39, 0.29) is 22.2 Å². The molecule has 0 radical (unpaired) electrons. The van der Waals surface area contributed by atoms with Crippen molar-refractivity contribution in [1.82, 2.24) is 9.55 Å². The monoisotopic (exact) mass is 321 g/mol. The Bertz CT molecular complexity index is 1040. The second-order valence-electron chi connectivity index (χ2n) is 7.25. The summed E-state index contributed by atoms with van der Waals surface area (Å²) in [6, 6.07) is 9.26. The minimum atomic E-state index is -0.279. The number of aromatic amines is 1. The second-order valence-corrected chi connectivity index (χ2v) is 7.25. The van der Waals surface area contributed by atoms with Crippen LogP contribution in [0.2, 0.25) is 0 Å². The first kappa shape index (κ1) is 14.8. The number of pyridine rings is 1. The summed E-state index contributed by atoms with van der Waals surface area (Å²) in [7, 11) is 0. The number of H-pyrrole nitrogens is 1. The number of rotatable bonds is 1. The number of hydrogen-bond donors (Lipinski definition) is 2. The van der Waals surface area contributed by atoms with Crippen molar-refractivity contribution < 1.29 is 4.79 Å². The van der Waals surface area contributed by atoms with Crippen LogP contribution in [0.3, 0.4) is 0 Å². The molecular formula is C19H19N3O2. The first-order chi connectivity index (χ1) is 11.4. The van der Waals surface area contributed by atoms with E-state index in [4.69, 9.17) is 5.73 Å². The fourth-order valence-electron chi connectivity index (χ4n) is 3.71. The van der Waals surface area contributed by atoms with Gasteiger partial charge in [-0.1, -0.05) is 32.0 Å². The van der Waals surface area contributed by atoms with Gasteiger partial charge in [0.2, 0.25) is 0 Å². The second kappa shape index (κ2) is 4.84. The quantitative estimate of drug-likeness (QED) is 0.723. The van der Waals surface area contributed by atoms with Gasteiger partial charge >= 0.3 is 0 Å². The van der Waals surface area contributed by atoms with E-state index < -0.39 is 0 Å². The molecule has 3 N–H and O–H groups in total. The van der Waals surface area contributed by atoms with Gasteiger partial charge in [0.15, 0.2) is 11.2 Å². The molecule has 5 heteroatoms. The number of hydrogen-bond acceptors (Lipinski definition) is 3. The molecule has 0 fully saturated rings. The smallest absolute Gasteiger partial charge is 0.194 e. The van der Waals surface area contributed by atoms with Crippen LogP contribution >= 0.6 is 0 Å². The SMILES string of the molecule is CC1(C)CC(=O)c2c(n(-c3c[nH]c4ccccc34)c(N)cc2=O)C1. The molecule has 0 spiro atoms. The zero-order valence-corrected chi connectivity index (χ0v) is 13.7. The van der Waals surface area contributed by atoms with Crippen molar-refractivity contribution in [2.45, 2.75) is 26.7 Å². The number of Topliss-reactive ketones (excluding diaryl/α,β-unsaturated/α-hetero) is 1. The highest BCUT2D eigenvalue weighted by Gasteiger charge is 2.35. The number of nitrogen functional groups attached to an aromatic ring is 1. The van der Waals surface area contributed by atoms with Crippen LogP contribution in [-0.4, -0.2) is 15.3 Å². The van der Waals surface area contributed by atoms with E-state index in [0.29, 0.717) is 24.4 Å². The standard InChI is InChI=1S/C19H19N3O2/c1-19(2)8-13-18(16(24)9-19)15(23)7-17(20)22(13)14-10-21-12-6-4-3-5-11(12)14/h3-7,10,21H,8-9,20H2,1-2H3. The lowest BCUT2D eigenvalue weighted by Crippen LogP contribution is -2.35. The van der Waals surface area contributed by atoms with Crippen molar-refractivity contribution >= 4 is 22.5 Å². The number of carbonyl (C=O) groups excluding carboxylic acids is 1. The van der Waals surface area contributed by atoms with Crippen LogP contribution < -0.4 is 11.2 Å². The largest absolute Gasteiger partial charge is 0.385 e. The van der Waals surface area contributed by atoms with Gasteiger partial charge in [0.1, 0.15) is 5.82 Å². The molecule has 4 rings (SSSR count). The summed E-state index contributed by atoms with van der Waals surface area (Å²) in [5.41, 5.74) is 8.58. The van der Waals surface area contributed by atoms with Crippen molar-refractivity contribution in [1.29, 1.82) is 0 Å². The van der Waals surface area contributed by atoms with Crippen molar-refractivity contribution in [3.8, 4) is 5.69 Å². The van der Waals surface area contributed by atoms with Crippen LogP contribution in [0.1, 0.15) is 36.3 Å². The molecule has 0 saturated carbocycles. The highest BCUT2D eigenvalue weighted by Crippen LogP contribution is 2.36. The van der Waals surface area contributed by atoms with Crippen LogP contribution in [0.15, 0.2) is 41.3 Å². The molecule has 0 atom stereocenters. The first-order valence-corrected chi connectivity index (χ1v) is 8.01. The maximum Gasteiger partial charge on any atom is 0.194 e. The van der Waals surface area contributed by atoms with Crippen molar-refractivity contribution in [3.63, 3.8) is 0 Å². The van der Waals surface area contributed by atoms with Crippen LogP contribution in [0.25, 0.3) is 16.6 Å². The number of aromatic nitrogens is 2. The zero-order valence-electron chi connectivity index (χ0n) is 13.7. The van der Waals surface area contributed by atoms with E-state index in [1.54, 1.807) is 0 Å². The number of nitrogens with zero attached hydrogens (tertiary/aromatic N) is 1. The molecule has 0 amide bonds. The lowest BCUT2D eigenvalue weighted by atomic mass is 9.75. The molecule has 0 unspecified atom stereocenters. The summed E-state index contributed by atoms with van der Waals surface area (Å²) in [5, 5.41) is 1.01. The number of carbonyl (C=O) groups is 1. The molecule has 1 aliphatic carbocycles. The highest BCUT2D eigenvalue weighted by molar-refractivity contribution is 5.99. The van der Waals surface area contributed by atoms with Gasteiger partial charge in [-0.15, -0.1) is 0 Å². The normalized spacial score (nSPS) is 16.3. The van der Waals surface area contributed by atoms with Gasteiger partial charge in [-0.3, -0.25) is 14.2 Å². The van der Waals surface area contributed by atoms with Gasteiger partial charge in [0, 0.05) is 35.3 Å². The molecule has 2 heterocycles. The number of benzene rings is 1. The van der Waals surface area contributed by atoms with Gasteiger partial charge in [0.25, 0.3) is 0 Å². The molecule has 0 saturated heterocycles. The Morgan fingerprint density at radius 1 is 1.17 bits per heavy atom. The Labute approximate surface area is 139 Å². The van der Waals surface area contributed by atoms with E-state index in [1.165, 1.54) is 6.07 Å². The van der Waals surface area contributed by atoms with Crippen LogP contribution in [0.4, 0.5) is 5.82 Å². The predicted molar refractivity (Wildman–Crippen MR) is 94.7 cm³/mol. The van der Waals surface area contributed by atoms with E-state index in [9.17, 15) is 9.59 Å². The molecule has 24 heavy (non-hydrogen) atoms.